The third-order valence-electron chi connectivity index (χ3n) is 2.10. The SMILES string of the molecule is Fc1c(Cl)cccc1OCc1ccc(Cl)nc1. The van der Waals surface area contributed by atoms with E-state index < -0.39 is 5.82 Å². The Bertz CT molecular complexity index is 516. The van der Waals surface area contributed by atoms with Crippen LogP contribution in [-0.2, 0) is 6.61 Å². The number of benzene rings is 1. The molecule has 1 aromatic carbocycles. The fourth-order valence-electron chi connectivity index (χ4n) is 1.25. The van der Waals surface area contributed by atoms with Crippen molar-refractivity contribution in [1.82, 2.24) is 4.98 Å². The summed E-state index contributed by atoms with van der Waals surface area (Å²) >= 11 is 11.3. The van der Waals surface area contributed by atoms with Gasteiger partial charge in [-0.2, -0.15) is 0 Å². The molecule has 5 heteroatoms. The van der Waals surface area contributed by atoms with E-state index in [0.29, 0.717) is 5.15 Å². The lowest BCUT2D eigenvalue weighted by atomic mass is 10.3. The standard InChI is InChI=1S/C12H8Cl2FNO/c13-9-2-1-3-10(12(9)15)17-7-8-4-5-11(14)16-6-8/h1-6H,7H2. The van der Waals surface area contributed by atoms with Crippen LogP contribution in [0.5, 0.6) is 5.75 Å². The van der Waals surface area contributed by atoms with Gasteiger partial charge in [-0.05, 0) is 18.2 Å². The second-order valence-corrected chi connectivity index (χ2v) is 4.12. The van der Waals surface area contributed by atoms with E-state index in [4.69, 9.17) is 27.9 Å². The van der Waals surface area contributed by atoms with Gasteiger partial charge in [0.15, 0.2) is 11.6 Å². The predicted octanol–water partition coefficient (Wildman–Crippen LogP) is 4.11. The number of nitrogens with zero attached hydrogens (tertiary/aromatic N) is 1. The van der Waals surface area contributed by atoms with Crippen LogP contribution in [0.3, 0.4) is 0 Å². The predicted molar refractivity (Wildman–Crippen MR) is 65.0 cm³/mol. The van der Waals surface area contributed by atoms with Crippen LogP contribution in [0, 0.1) is 5.82 Å². The van der Waals surface area contributed by atoms with E-state index in [9.17, 15) is 4.39 Å². The average molecular weight is 272 g/mol. The molecule has 0 unspecified atom stereocenters. The first-order valence-corrected chi connectivity index (χ1v) is 5.59. The summed E-state index contributed by atoms with van der Waals surface area (Å²) in [4.78, 5) is 3.90. The van der Waals surface area contributed by atoms with Gasteiger partial charge < -0.3 is 4.74 Å². The van der Waals surface area contributed by atoms with Crippen LogP contribution in [0.15, 0.2) is 36.5 Å². The Hall–Kier alpha value is -1.32. The molecule has 2 nitrogen and oxygen atoms in total. The molecule has 17 heavy (non-hydrogen) atoms. The van der Waals surface area contributed by atoms with Crippen molar-refractivity contribution in [3.8, 4) is 5.75 Å². The normalized spacial score (nSPS) is 10.3. The van der Waals surface area contributed by atoms with Crippen LogP contribution < -0.4 is 4.74 Å². The number of halogens is 3. The monoisotopic (exact) mass is 271 g/mol. The molecule has 1 aromatic heterocycles. The zero-order chi connectivity index (χ0) is 12.3. The van der Waals surface area contributed by atoms with Crippen LogP contribution in [0.4, 0.5) is 4.39 Å². The molecular weight excluding hydrogens is 264 g/mol. The lowest BCUT2D eigenvalue weighted by Crippen LogP contribution is -1.98. The van der Waals surface area contributed by atoms with Crippen molar-refractivity contribution < 1.29 is 9.13 Å². The molecule has 0 atom stereocenters. The summed E-state index contributed by atoms with van der Waals surface area (Å²) in [6.45, 7) is 0.210. The first-order valence-electron chi connectivity index (χ1n) is 4.84. The maximum Gasteiger partial charge on any atom is 0.183 e. The molecule has 0 aliphatic carbocycles. The minimum absolute atomic E-state index is 0.0386. The summed E-state index contributed by atoms with van der Waals surface area (Å²) < 4.78 is 18.8. The van der Waals surface area contributed by atoms with Crippen LogP contribution in [-0.4, -0.2) is 4.98 Å². The number of hydrogen-bond acceptors (Lipinski definition) is 2. The van der Waals surface area contributed by atoms with Gasteiger partial charge in [0.25, 0.3) is 0 Å². The highest BCUT2D eigenvalue weighted by atomic mass is 35.5. The molecule has 88 valence electrons. The first kappa shape index (κ1) is 12.1. The smallest absolute Gasteiger partial charge is 0.183 e. The minimum atomic E-state index is -0.559. The van der Waals surface area contributed by atoms with E-state index in [1.54, 1.807) is 24.4 Å². The lowest BCUT2D eigenvalue weighted by molar-refractivity contribution is 0.290. The Labute approximate surface area is 108 Å². The van der Waals surface area contributed by atoms with Crippen LogP contribution in [0.25, 0.3) is 0 Å². The number of ether oxygens (including phenoxy) is 1. The molecule has 0 amide bonds. The Morgan fingerprint density at radius 3 is 2.71 bits per heavy atom. The summed E-state index contributed by atoms with van der Waals surface area (Å²) in [5.41, 5.74) is 0.800. The largest absolute Gasteiger partial charge is 0.486 e. The van der Waals surface area contributed by atoms with Gasteiger partial charge in [-0.1, -0.05) is 35.3 Å². The van der Waals surface area contributed by atoms with Gasteiger partial charge in [-0.3, -0.25) is 0 Å². The highest BCUT2D eigenvalue weighted by Gasteiger charge is 2.07. The molecule has 2 aromatic rings. The Balaban J connectivity index is 2.07. The zero-order valence-corrected chi connectivity index (χ0v) is 10.2. The number of pyridine rings is 1. The molecule has 0 saturated heterocycles. The molecule has 0 saturated carbocycles. The summed E-state index contributed by atoms with van der Waals surface area (Å²) in [6.07, 6.45) is 1.57. The van der Waals surface area contributed by atoms with E-state index >= 15 is 0 Å². The van der Waals surface area contributed by atoms with E-state index in [1.807, 2.05) is 0 Å². The number of rotatable bonds is 3. The maximum absolute atomic E-state index is 13.5. The zero-order valence-electron chi connectivity index (χ0n) is 8.66. The second-order valence-electron chi connectivity index (χ2n) is 3.33. The van der Waals surface area contributed by atoms with Crippen LogP contribution in [0.2, 0.25) is 10.2 Å². The molecule has 0 spiro atoms. The average Bonchev–Trinajstić information content (AvgIpc) is 2.33. The van der Waals surface area contributed by atoms with Crippen molar-refractivity contribution in [2.75, 3.05) is 0 Å². The fraction of sp³-hybridized carbons (Fsp3) is 0.0833. The molecule has 0 fully saturated rings. The first-order chi connectivity index (χ1) is 8.16. The van der Waals surface area contributed by atoms with Crippen molar-refractivity contribution in [3.05, 3.63) is 58.1 Å². The van der Waals surface area contributed by atoms with E-state index in [-0.39, 0.29) is 17.4 Å². The Kier molecular flexibility index (Phi) is 3.82. The minimum Gasteiger partial charge on any atom is -0.486 e. The highest BCUT2D eigenvalue weighted by Crippen LogP contribution is 2.24. The molecule has 0 radical (unpaired) electrons. The second kappa shape index (κ2) is 5.34. The lowest BCUT2D eigenvalue weighted by Gasteiger charge is -2.07. The van der Waals surface area contributed by atoms with E-state index in [0.717, 1.165) is 5.56 Å². The third-order valence-corrected chi connectivity index (χ3v) is 2.61. The van der Waals surface area contributed by atoms with Gasteiger partial charge in [-0.15, -0.1) is 0 Å². The molecule has 0 aliphatic rings. The quantitative estimate of drug-likeness (QED) is 0.784. The fourth-order valence-corrected chi connectivity index (χ4v) is 1.53. The summed E-state index contributed by atoms with van der Waals surface area (Å²) in [5.74, 6) is -0.441. The van der Waals surface area contributed by atoms with Gasteiger partial charge in [-0.25, -0.2) is 9.37 Å². The molecule has 0 bridgehead atoms. The highest BCUT2D eigenvalue weighted by molar-refractivity contribution is 6.30. The third kappa shape index (κ3) is 3.08. The van der Waals surface area contributed by atoms with Crippen molar-refractivity contribution in [3.63, 3.8) is 0 Å². The Morgan fingerprint density at radius 1 is 1.18 bits per heavy atom. The van der Waals surface area contributed by atoms with Gasteiger partial charge >= 0.3 is 0 Å². The van der Waals surface area contributed by atoms with Crippen molar-refractivity contribution in [2.24, 2.45) is 0 Å². The van der Waals surface area contributed by atoms with Gasteiger partial charge in [0.05, 0.1) is 5.02 Å². The van der Waals surface area contributed by atoms with Crippen LogP contribution >= 0.6 is 23.2 Å². The van der Waals surface area contributed by atoms with Crippen molar-refractivity contribution in [1.29, 1.82) is 0 Å². The summed E-state index contributed by atoms with van der Waals surface area (Å²) in [5, 5.41) is 0.444. The van der Waals surface area contributed by atoms with Crippen LogP contribution in [0.1, 0.15) is 5.56 Å². The molecule has 0 aliphatic heterocycles. The van der Waals surface area contributed by atoms with E-state index in [2.05, 4.69) is 4.98 Å². The maximum atomic E-state index is 13.5. The van der Waals surface area contributed by atoms with E-state index in [1.165, 1.54) is 12.1 Å². The molecular formula is C12H8Cl2FNO. The van der Waals surface area contributed by atoms with Gasteiger partial charge in [0.1, 0.15) is 11.8 Å². The summed E-state index contributed by atoms with van der Waals surface area (Å²) in [7, 11) is 0. The number of hydrogen-bond donors (Lipinski definition) is 0. The molecule has 2 rings (SSSR count). The molecule has 1 heterocycles. The van der Waals surface area contributed by atoms with Gasteiger partial charge in [0, 0.05) is 11.8 Å². The number of aromatic nitrogens is 1. The topological polar surface area (TPSA) is 22.1 Å². The van der Waals surface area contributed by atoms with Crippen molar-refractivity contribution >= 4 is 23.2 Å². The molecule has 0 N–H and O–H groups in total. The Morgan fingerprint density at radius 2 is 2.00 bits per heavy atom. The van der Waals surface area contributed by atoms with Crippen molar-refractivity contribution in [2.45, 2.75) is 6.61 Å². The summed E-state index contributed by atoms with van der Waals surface area (Å²) in [6, 6.07) is 8.02. The van der Waals surface area contributed by atoms with Gasteiger partial charge in [0.2, 0.25) is 0 Å².